The first-order valence-electron chi connectivity index (χ1n) is 6.02. The summed E-state index contributed by atoms with van der Waals surface area (Å²) in [5.41, 5.74) is 0. The van der Waals surface area contributed by atoms with Crippen molar-refractivity contribution in [1.82, 2.24) is 0 Å². The van der Waals surface area contributed by atoms with Crippen molar-refractivity contribution >= 4 is 9.84 Å². The Balaban J connectivity index is 1.81. The highest BCUT2D eigenvalue weighted by molar-refractivity contribution is 7.91. The van der Waals surface area contributed by atoms with Crippen LogP contribution in [0.3, 0.4) is 0 Å². The smallest absolute Gasteiger partial charge is 0.178 e. The van der Waals surface area contributed by atoms with Crippen LogP contribution in [0.25, 0.3) is 0 Å². The molecule has 0 radical (unpaired) electrons. The summed E-state index contributed by atoms with van der Waals surface area (Å²) in [6.45, 7) is 0.284. The lowest BCUT2D eigenvalue weighted by Gasteiger charge is -2.04. The first-order valence-corrected chi connectivity index (χ1v) is 7.67. The Kier molecular flexibility index (Phi) is 4.37. The lowest BCUT2D eigenvalue weighted by Crippen LogP contribution is -2.09. The number of sulfone groups is 1. The highest BCUT2D eigenvalue weighted by atomic mass is 32.2. The van der Waals surface area contributed by atoms with E-state index in [4.69, 9.17) is 9.47 Å². The minimum absolute atomic E-state index is 0.177. The van der Waals surface area contributed by atoms with Crippen molar-refractivity contribution in [3.8, 4) is 0 Å². The highest BCUT2D eigenvalue weighted by Gasteiger charge is 2.38. The molecule has 18 heavy (non-hydrogen) atoms. The summed E-state index contributed by atoms with van der Waals surface area (Å²) >= 11 is 0. The predicted molar refractivity (Wildman–Crippen MR) is 68.0 cm³/mol. The largest absolute Gasteiger partial charge is 0.359 e. The molecule has 1 fully saturated rings. The van der Waals surface area contributed by atoms with Crippen LogP contribution in [0, 0.1) is 5.92 Å². The summed E-state index contributed by atoms with van der Waals surface area (Å²) in [7, 11) is -1.57. The Hall–Kier alpha value is -0.910. The third-order valence-electron chi connectivity index (χ3n) is 3.12. The molecule has 0 aliphatic heterocycles. The van der Waals surface area contributed by atoms with Crippen molar-refractivity contribution in [3.05, 3.63) is 30.3 Å². The summed E-state index contributed by atoms with van der Waals surface area (Å²) in [5, 5.41) is 0. The number of benzene rings is 1. The lowest BCUT2D eigenvalue weighted by molar-refractivity contribution is -0.0437. The van der Waals surface area contributed by atoms with E-state index in [1.54, 1.807) is 31.4 Å². The van der Waals surface area contributed by atoms with E-state index >= 15 is 0 Å². The average Bonchev–Trinajstić information content (AvgIpc) is 3.14. The maximum atomic E-state index is 12.0. The van der Waals surface area contributed by atoms with Gasteiger partial charge in [-0.05, 0) is 30.9 Å². The number of hydrogen-bond donors (Lipinski definition) is 0. The predicted octanol–water partition coefficient (Wildman–Crippen LogP) is 1.86. The van der Waals surface area contributed by atoms with Gasteiger partial charge in [0.15, 0.2) is 9.84 Å². The second kappa shape index (κ2) is 5.82. The maximum Gasteiger partial charge on any atom is 0.178 e. The average molecular weight is 270 g/mol. The van der Waals surface area contributed by atoms with Gasteiger partial charge in [-0.2, -0.15) is 0 Å². The molecule has 0 bridgehead atoms. The minimum atomic E-state index is -3.15. The zero-order valence-electron chi connectivity index (χ0n) is 10.4. The monoisotopic (exact) mass is 270 g/mol. The van der Waals surface area contributed by atoms with Crippen molar-refractivity contribution in [2.45, 2.75) is 23.8 Å². The molecule has 1 aliphatic carbocycles. The van der Waals surface area contributed by atoms with Crippen LogP contribution in [0.5, 0.6) is 0 Å². The fourth-order valence-corrected chi connectivity index (χ4v) is 3.36. The summed E-state index contributed by atoms with van der Waals surface area (Å²) in [4.78, 5) is 0.403. The Morgan fingerprint density at radius 3 is 2.67 bits per heavy atom. The quantitative estimate of drug-likeness (QED) is 0.710. The molecule has 1 aliphatic rings. The van der Waals surface area contributed by atoms with E-state index in [2.05, 4.69) is 0 Å². The van der Waals surface area contributed by atoms with E-state index in [-0.39, 0.29) is 18.6 Å². The molecule has 4 nitrogen and oxygen atoms in total. The van der Waals surface area contributed by atoms with E-state index in [1.807, 2.05) is 6.07 Å². The first-order chi connectivity index (χ1) is 8.63. The van der Waals surface area contributed by atoms with E-state index in [1.165, 1.54) is 0 Å². The molecule has 0 heterocycles. The summed E-state index contributed by atoms with van der Waals surface area (Å²) in [5.74, 6) is 0.549. The fourth-order valence-electron chi connectivity index (χ4n) is 1.94. The van der Waals surface area contributed by atoms with Crippen LogP contribution in [-0.2, 0) is 19.3 Å². The molecule has 0 spiro atoms. The van der Waals surface area contributed by atoms with Gasteiger partial charge in [0, 0.05) is 7.11 Å². The van der Waals surface area contributed by atoms with Gasteiger partial charge in [0.05, 0.1) is 16.8 Å². The van der Waals surface area contributed by atoms with Gasteiger partial charge in [-0.1, -0.05) is 18.2 Å². The van der Waals surface area contributed by atoms with Crippen LogP contribution in [0.15, 0.2) is 35.2 Å². The molecule has 0 aromatic heterocycles. The fraction of sp³-hybridized carbons (Fsp3) is 0.538. The van der Waals surface area contributed by atoms with Crippen molar-refractivity contribution in [3.63, 3.8) is 0 Å². The van der Waals surface area contributed by atoms with Crippen molar-refractivity contribution in [2.24, 2.45) is 5.92 Å². The molecule has 100 valence electrons. The molecule has 0 unspecified atom stereocenters. The van der Waals surface area contributed by atoms with E-state index in [0.29, 0.717) is 17.2 Å². The lowest BCUT2D eigenvalue weighted by atomic mass is 10.3. The molecular weight excluding hydrogens is 252 g/mol. The summed E-state index contributed by atoms with van der Waals surface area (Å²) in [6.07, 6.45) is 1.77. The maximum absolute atomic E-state index is 12.0. The molecule has 2 atom stereocenters. The van der Waals surface area contributed by atoms with Gasteiger partial charge in [0.25, 0.3) is 0 Å². The third-order valence-corrected chi connectivity index (χ3v) is 4.88. The van der Waals surface area contributed by atoms with E-state index < -0.39 is 9.84 Å². The zero-order chi connectivity index (χ0) is 13.0. The SMILES string of the molecule is COCO[C@@H]1C[C@H]1CCS(=O)(=O)c1ccccc1. The molecule has 5 heteroatoms. The van der Waals surface area contributed by atoms with Crippen molar-refractivity contribution < 1.29 is 17.9 Å². The Morgan fingerprint density at radius 2 is 2.00 bits per heavy atom. The normalized spacial score (nSPS) is 22.9. The molecular formula is C13H18O4S. The molecule has 2 rings (SSSR count). The molecule has 1 saturated carbocycles. The topological polar surface area (TPSA) is 52.6 Å². The van der Waals surface area contributed by atoms with Gasteiger partial charge in [-0.25, -0.2) is 8.42 Å². The Labute approximate surface area is 108 Å². The number of ether oxygens (including phenoxy) is 2. The van der Waals surface area contributed by atoms with Crippen molar-refractivity contribution in [1.29, 1.82) is 0 Å². The van der Waals surface area contributed by atoms with E-state index in [9.17, 15) is 8.42 Å². The van der Waals surface area contributed by atoms with Crippen LogP contribution >= 0.6 is 0 Å². The van der Waals surface area contributed by atoms with Crippen LogP contribution in [0.1, 0.15) is 12.8 Å². The second-order valence-corrected chi connectivity index (χ2v) is 6.64. The van der Waals surface area contributed by atoms with Crippen LogP contribution in [0.4, 0.5) is 0 Å². The molecule has 0 amide bonds. The summed E-state index contributed by atoms with van der Waals surface area (Å²) in [6, 6.07) is 8.58. The van der Waals surface area contributed by atoms with Gasteiger partial charge >= 0.3 is 0 Å². The van der Waals surface area contributed by atoms with Gasteiger partial charge in [0.2, 0.25) is 0 Å². The third kappa shape index (κ3) is 3.54. The summed E-state index contributed by atoms with van der Waals surface area (Å²) < 4.78 is 34.2. The van der Waals surface area contributed by atoms with Crippen LogP contribution < -0.4 is 0 Å². The number of methoxy groups -OCH3 is 1. The first kappa shape index (κ1) is 13.5. The van der Waals surface area contributed by atoms with Gasteiger partial charge in [-0.15, -0.1) is 0 Å². The second-order valence-electron chi connectivity index (χ2n) is 4.53. The molecule has 1 aromatic rings. The van der Waals surface area contributed by atoms with Crippen molar-refractivity contribution in [2.75, 3.05) is 19.7 Å². The molecule has 1 aromatic carbocycles. The minimum Gasteiger partial charge on any atom is -0.359 e. The number of rotatable bonds is 7. The van der Waals surface area contributed by atoms with Gasteiger partial charge in [0.1, 0.15) is 6.79 Å². The van der Waals surface area contributed by atoms with Gasteiger partial charge < -0.3 is 9.47 Å². The van der Waals surface area contributed by atoms with E-state index in [0.717, 1.165) is 6.42 Å². The molecule has 0 N–H and O–H groups in total. The Bertz CT molecular complexity index is 469. The highest BCUT2D eigenvalue weighted by Crippen LogP contribution is 2.37. The zero-order valence-corrected chi connectivity index (χ0v) is 11.2. The number of hydrogen-bond acceptors (Lipinski definition) is 4. The Morgan fingerprint density at radius 1 is 1.28 bits per heavy atom. The molecule has 0 saturated heterocycles. The van der Waals surface area contributed by atoms with Gasteiger partial charge in [-0.3, -0.25) is 0 Å². The van der Waals surface area contributed by atoms with Crippen LogP contribution in [0.2, 0.25) is 0 Å². The van der Waals surface area contributed by atoms with Crippen LogP contribution in [-0.4, -0.2) is 34.2 Å². The standard InChI is InChI=1S/C13H18O4S/c1-16-10-17-13-9-11(13)7-8-18(14,15)12-5-3-2-4-6-12/h2-6,11,13H,7-10H2,1H3/t11-,13-/m1/s1.